The van der Waals surface area contributed by atoms with Gasteiger partial charge in [0.2, 0.25) is 5.91 Å². The number of methoxy groups -OCH3 is 1. The predicted octanol–water partition coefficient (Wildman–Crippen LogP) is 2.75. The maximum atomic E-state index is 13.0. The van der Waals surface area contributed by atoms with Gasteiger partial charge in [0.05, 0.1) is 37.2 Å². The van der Waals surface area contributed by atoms with Crippen LogP contribution in [0.3, 0.4) is 0 Å². The van der Waals surface area contributed by atoms with Crippen LogP contribution in [0.2, 0.25) is 0 Å². The summed E-state index contributed by atoms with van der Waals surface area (Å²) in [4.78, 5) is 14.7. The molecule has 0 aliphatic rings. The number of carbonyl (C=O) groups excluding carboxylic acids is 1. The Kier molecular flexibility index (Phi) is 4.83. The largest absolute Gasteiger partial charge is 0.497 e. The van der Waals surface area contributed by atoms with Gasteiger partial charge in [-0.25, -0.2) is 0 Å². The highest BCUT2D eigenvalue weighted by molar-refractivity contribution is 5.95. The molecule has 0 radical (unpaired) electrons. The van der Waals surface area contributed by atoms with Crippen LogP contribution in [0.1, 0.15) is 24.2 Å². The van der Waals surface area contributed by atoms with E-state index in [0.717, 1.165) is 17.0 Å². The molecule has 2 aromatic heterocycles. The lowest BCUT2D eigenvalue weighted by molar-refractivity contribution is -0.118. The van der Waals surface area contributed by atoms with Crippen molar-refractivity contribution < 1.29 is 14.1 Å². The van der Waals surface area contributed by atoms with Crippen LogP contribution in [0, 0.1) is 0 Å². The van der Waals surface area contributed by atoms with Crippen LogP contribution in [0.4, 0.5) is 5.69 Å². The average molecular weight is 340 g/mol. The quantitative estimate of drug-likeness (QED) is 0.690. The third-order valence-corrected chi connectivity index (χ3v) is 4.03. The molecule has 0 spiro atoms. The van der Waals surface area contributed by atoms with Gasteiger partial charge in [0, 0.05) is 19.3 Å². The molecule has 0 saturated heterocycles. The maximum Gasteiger partial charge on any atom is 0.233 e. The Hall–Kier alpha value is -3.09. The van der Waals surface area contributed by atoms with Crippen LogP contribution in [0.5, 0.6) is 5.75 Å². The first-order valence-corrected chi connectivity index (χ1v) is 7.92. The SMILES string of the molecule is COc1cccc([C@H](C)N(C(=O)Cc2ccon2)c2cnn(C)c2)c1. The third-order valence-electron chi connectivity index (χ3n) is 4.03. The Balaban J connectivity index is 1.93. The molecule has 1 aromatic carbocycles. The molecule has 0 saturated carbocycles. The van der Waals surface area contributed by atoms with E-state index in [4.69, 9.17) is 9.26 Å². The molecule has 0 fully saturated rings. The second-order valence-corrected chi connectivity index (χ2v) is 5.76. The molecule has 0 aliphatic heterocycles. The van der Waals surface area contributed by atoms with Gasteiger partial charge >= 0.3 is 0 Å². The van der Waals surface area contributed by atoms with Crippen LogP contribution >= 0.6 is 0 Å². The van der Waals surface area contributed by atoms with Gasteiger partial charge in [-0.2, -0.15) is 5.10 Å². The lowest BCUT2D eigenvalue weighted by Crippen LogP contribution is -2.34. The van der Waals surface area contributed by atoms with E-state index in [0.29, 0.717) is 5.69 Å². The molecule has 7 heteroatoms. The molecule has 25 heavy (non-hydrogen) atoms. The number of anilines is 1. The van der Waals surface area contributed by atoms with Gasteiger partial charge in [-0.3, -0.25) is 9.48 Å². The van der Waals surface area contributed by atoms with E-state index >= 15 is 0 Å². The smallest absolute Gasteiger partial charge is 0.233 e. The maximum absolute atomic E-state index is 13.0. The molecule has 0 unspecified atom stereocenters. The first-order chi connectivity index (χ1) is 12.1. The molecule has 1 amide bonds. The van der Waals surface area contributed by atoms with Crippen LogP contribution in [-0.2, 0) is 18.3 Å². The number of aromatic nitrogens is 3. The number of carbonyl (C=O) groups is 1. The Morgan fingerprint density at radius 1 is 1.40 bits per heavy atom. The number of hydrogen-bond donors (Lipinski definition) is 0. The molecule has 0 N–H and O–H groups in total. The molecule has 3 rings (SSSR count). The van der Waals surface area contributed by atoms with Crippen LogP contribution < -0.4 is 9.64 Å². The number of amides is 1. The van der Waals surface area contributed by atoms with E-state index in [1.165, 1.54) is 6.26 Å². The molecule has 7 nitrogen and oxygen atoms in total. The van der Waals surface area contributed by atoms with Crippen molar-refractivity contribution in [2.45, 2.75) is 19.4 Å². The zero-order valence-electron chi connectivity index (χ0n) is 14.4. The van der Waals surface area contributed by atoms with Gasteiger partial charge in [-0.1, -0.05) is 17.3 Å². The van der Waals surface area contributed by atoms with Gasteiger partial charge in [-0.05, 0) is 24.6 Å². The second kappa shape index (κ2) is 7.21. The fourth-order valence-electron chi connectivity index (χ4n) is 2.74. The second-order valence-electron chi connectivity index (χ2n) is 5.76. The number of rotatable bonds is 6. The molecular formula is C18H20N4O3. The van der Waals surface area contributed by atoms with Crippen molar-refractivity contribution in [3.63, 3.8) is 0 Å². The summed E-state index contributed by atoms with van der Waals surface area (Å²) in [6.45, 7) is 1.97. The minimum absolute atomic E-state index is 0.0859. The van der Waals surface area contributed by atoms with E-state index in [2.05, 4.69) is 10.3 Å². The number of nitrogens with zero attached hydrogens (tertiary/aromatic N) is 4. The molecule has 130 valence electrons. The van der Waals surface area contributed by atoms with Crippen molar-refractivity contribution >= 4 is 11.6 Å². The monoisotopic (exact) mass is 340 g/mol. The fourth-order valence-corrected chi connectivity index (χ4v) is 2.74. The van der Waals surface area contributed by atoms with Crippen molar-refractivity contribution in [1.29, 1.82) is 0 Å². The highest BCUT2D eigenvalue weighted by atomic mass is 16.5. The van der Waals surface area contributed by atoms with Gasteiger partial charge in [0.1, 0.15) is 12.0 Å². The Bertz CT molecular complexity index is 842. The van der Waals surface area contributed by atoms with Crippen LogP contribution in [0.15, 0.2) is 53.5 Å². The third kappa shape index (κ3) is 3.71. The van der Waals surface area contributed by atoms with Gasteiger partial charge in [-0.15, -0.1) is 0 Å². The Morgan fingerprint density at radius 3 is 2.88 bits per heavy atom. The lowest BCUT2D eigenvalue weighted by atomic mass is 10.1. The lowest BCUT2D eigenvalue weighted by Gasteiger charge is -2.28. The summed E-state index contributed by atoms with van der Waals surface area (Å²) in [5.41, 5.74) is 2.29. The van der Waals surface area contributed by atoms with Crippen molar-refractivity contribution in [2.75, 3.05) is 12.0 Å². The standard InChI is InChI=1S/C18H20N4O3/c1-13(14-5-4-6-17(9-14)24-3)22(16-11-19-21(2)12-16)18(23)10-15-7-8-25-20-15/h4-9,11-13H,10H2,1-3H3/t13-/m0/s1. The van der Waals surface area contributed by atoms with Gasteiger partial charge in [0.15, 0.2) is 0 Å². The summed E-state index contributed by atoms with van der Waals surface area (Å²) >= 11 is 0. The minimum atomic E-state index is -0.196. The van der Waals surface area contributed by atoms with Crippen molar-refractivity contribution in [3.05, 3.63) is 60.2 Å². The van der Waals surface area contributed by atoms with E-state index in [-0.39, 0.29) is 18.4 Å². The van der Waals surface area contributed by atoms with Crippen LogP contribution in [0.25, 0.3) is 0 Å². The Morgan fingerprint density at radius 2 is 2.24 bits per heavy atom. The number of ether oxygens (including phenoxy) is 1. The summed E-state index contributed by atoms with van der Waals surface area (Å²) in [6, 6.07) is 9.18. The van der Waals surface area contributed by atoms with E-state index < -0.39 is 0 Å². The normalized spacial score (nSPS) is 12.0. The molecule has 1 atom stereocenters. The molecule has 0 bridgehead atoms. The molecule has 2 heterocycles. The number of hydrogen-bond acceptors (Lipinski definition) is 5. The first kappa shape index (κ1) is 16.8. The summed E-state index contributed by atoms with van der Waals surface area (Å²) in [5.74, 6) is 0.664. The van der Waals surface area contributed by atoms with Gasteiger partial charge < -0.3 is 14.2 Å². The average Bonchev–Trinajstić information content (AvgIpc) is 3.27. The van der Waals surface area contributed by atoms with Crippen LogP contribution in [-0.4, -0.2) is 28.0 Å². The predicted molar refractivity (Wildman–Crippen MR) is 92.3 cm³/mol. The van der Waals surface area contributed by atoms with Crippen molar-refractivity contribution in [1.82, 2.24) is 14.9 Å². The zero-order chi connectivity index (χ0) is 17.8. The topological polar surface area (TPSA) is 73.4 Å². The van der Waals surface area contributed by atoms with Crippen molar-refractivity contribution in [2.24, 2.45) is 7.05 Å². The minimum Gasteiger partial charge on any atom is -0.497 e. The highest BCUT2D eigenvalue weighted by Gasteiger charge is 2.25. The van der Waals surface area contributed by atoms with Crippen molar-refractivity contribution in [3.8, 4) is 5.75 Å². The number of benzene rings is 1. The van der Waals surface area contributed by atoms with E-state index in [1.807, 2.05) is 44.4 Å². The fraction of sp³-hybridized carbons (Fsp3) is 0.278. The number of aryl methyl sites for hydroxylation is 1. The molecule has 3 aromatic rings. The summed E-state index contributed by atoms with van der Waals surface area (Å²) in [7, 11) is 3.44. The zero-order valence-corrected chi connectivity index (χ0v) is 14.4. The summed E-state index contributed by atoms with van der Waals surface area (Å²) in [6.07, 6.45) is 5.11. The molecule has 0 aliphatic carbocycles. The highest BCUT2D eigenvalue weighted by Crippen LogP contribution is 2.29. The summed E-state index contributed by atoms with van der Waals surface area (Å²) in [5, 5.41) is 8.02. The summed E-state index contributed by atoms with van der Waals surface area (Å²) < 4.78 is 11.8. The first-order valence-electron chi connectivity index (χ1n) is 7.92. The van der Waals surface area contributed by atoms with Gasteiger partial charge in [0.25, 0.3) is 0 Å². The Labute approximate surface area is 145 Å². The van der Waals surface area contributed by atoms with E-state index in [9.17, 15) is 4.79 Å². The molecular weight excluding hydrogens is 320 g/mol. The van der Waals surface area contributed by atoms with E-state index in [1.54, 1.807) is 29.0 Å².